The minimum Gasteiger partial charge on any atom is -0.279 e. The molecule has 0 unspecified atom stereocenters. The Labute approximate surface area is 353 Å². The molecule has 4 heteroatoms. The van der Waals surface area contributed by atoms with Crippen LogP contribution in [-0.4, -0.2) is 15.0 Å². The molecule has 0 saturated carbocycles. The number of fused-ring (bicyclic) bond motifs is 1. The van der Waals surface area contributed by atoms with E-state index >= 15 is 0 Å². The van der Waals surface area contributed by atoms with Crippen molar-refractivity contribution in [3.63, 3.8) is 0 Å². The Kier molecular flexibility index (Phi) is 10.4. The number of rotatable bonds is 9. The number of anilines is 3. The van der Waals surface area contributed by atoms with Crippen molar-refractivity contribution in [2.45, 2.75) is 47.5 Å². The normalized spacial score (nSPS) is 11.3. The Bertz CT molecular complexity index is 2890. The fourth-order valence-electron chi connectivity index (χ4n) is 9.06. The number of hydrogen-bond acceptors (Lipinski definition) is 4. The molecule has 0 N–H and O–H groups in total. The van der Waals surface area contributed by atoms with Gasteiger partial charge in [-0.25, -0.2) is 4.98 Å². The quantitative estimate of drug-likeness (QED) is 0.137. The third kappa shape index (κ3) is 7.60. The molecule has 0 spiro atoms. The Balaban J connectivity index is 1.25. The van der Waals surface area contributed by atoms with Gasteiger partial charge in [-0.2, -0.15) is 9.97 Å². The number of aromatic nitrogens is 3. The van der Waals surface area contributed by atoms with Crippen LogP contribution in [0.5, 0.6) is 0 Å². The van der Waals surface area contributed by atoms with Gasteiger partial charge in [0.15, 0.2) is 11.6 Å². The minimum absolute atomic E-state index is 0.0523. The summed E-state index contributed by atoms with van der Waals surface area (Å²) in [5, 5.41) is 2.30. The van der Waals surface area contributed by atoms with Crippen molar-refractivity contribution in [3.8, 4) is 33.9 Å². The molecule has 0 bridgehead atoms. The van der Waals surface area contributed by atoms with Crippen molar-refractivity contribution >= 4 is 28.1 Å². The molecule has 0 aliphatic heterocycles. The van der Waals surface area contributed by atoms with E-state index in [1.807, 2.05) is 18.2 Å². The predicted octanol–water partition coefficient (Wildman–Crippen LogP) is 14.5. The van der Waals surface area contributed by atoms with Crippen LogP contribution < -0.4 is 4.90 Å². The second-order valence-electron chi connectivity index (χ2n) is 16.1. The maximum Gasteiger partial charge on any atom is 0.238 e. The van der Waals surface area contributed by atoms with Crippen molar-refractivity contribution < 1.29 is 0 Å². The molecule has 8 aromatic carbocycles. The minimum atomic E-state index is 0.0523. The molecule has 292 valence electrons. The number of nitrogens with zero attached hydrogens (tertiary/aromatic N) is 4. The zero-order valence-corrected chi connectivity index (χ0v) is 35.1. The van der Waals surface area contributed by atoms with Crippen LogP contribution in [0.25, 0.3) is 44.7 Å². The fraction of sp³-hybridized carbons (Fsp3) is 0.125. The van der Waals surface area contributed by atoms with Gasteiger partial charge in [-0.3, -0.25) is 4.90 Å². The second-order valence-corrected chi connectivity index (χ2v) is 16.1. The van der Waals surface area contributed by atoms with E-state index < -0.39 is 0 Å². The van der Waals surface area contributed by atoms with Crippen LogP contribution in [0.15, 0.2) is 176 Å². The summed E-state index contributed by atoms with van der Waals surface area (Å²) in [6, 6.07) is 62.5. The summed E-state index contributed by atoms with van der Waals surface area (Å²) in [5.41, 5.74) is 17.7. The Morgan fingerprint density at radius 1 is 0.367 bits per heavy atom. The van der Waals surface area contributed by atoms with Gasteiger partial charge < -0.3 is 0 Å². The SMILES string of the molecule is Cc1cc(C)c(C(c2ccc(N(c3cccc(-c4ccccc4)c3)c3nc(-c4ccccc4)nc(-c4ccc5ccccc5c4)n3)cc2)c2c(C)cc(C)cc2C)c(C)c1. The lowest BCUT2D eigenvalue weighted by atomic mass is 9.77. The smallest absolute Gasteiger partial charge is 0.238 e. The maximum atomic E-state index is 5.31. The first-order chi connectivity index (χ1) is 29.2. The van der Waals surface area contributed by atoms with Crippen LogP contribution >= 0.6 is 0 Å². The van der Waals surface area contributed by atoms with Gasteiger partial charge in [0.1, 0.15) is 0 Å². The lowest BCUT2D eigenvalue weighted by Crippen LogP contribution is -2.16. The molecule has 0 saturated heterocycles. The average molecular weight is 777 g/mol. The number of aryl methyl sites for hydroxylation is 6. The van der Waals surface area contributed by atoms with E-state index in [1.165, 1.54) is 55.5 Å². The predicted molar refractivity (Wildman–Crippen MR) is 251 cm³/mol. The van der Waals surface area contributed by atoms with Gasteiger partial charge in [0.25, 0.3) is 0 Å². The molecule has 0 atom stereocenters. The third-order valence-electron chi connectivity index (χ3n) is 11.6. The summed E-state index contributed by atoms with van der Waals surface area (Å²) in [5.74, 6) is 1.81. The zero-order valence-electron chi connectivity index (χ0n) is 35.1. The first kappa shape index (κ1) is 38.4. The first-order valence-electron chi connectivity index (χ1n) is 20.7. The molecule has 0 aliphatic carbocycles. The largest absolute Gasteiger partial charge is 0.279 e. The monoisotopic (exact) mass is 776 g/mol. The standard InChI is InChI=1S/C56H48N4/c1-36-30-38(3)51(39(4)31-36)53(52-40(5)32-37(2)33-41(52)6)44-26-28-49(29-27-44)60(50-23-15-22-47(35-50)42-16-9-7-10-17-42)56-58-54(45-19-11-8-12-20-45)57-55(59-56)48-25-24-43-18-13-14-21-46(43)34-48/h7-35,53H,1-6H3. The van der Waals surface area contributed by atoms with E-state index in [4.69, 9.17) is 15.0 Å². The highest BCUT2D eigenvalue weighted by atomic mass is 15.3. The van der Waals surface area contributed by atoms with E-state index in [1.54, 1.807) is 0 Å². The summed E-state index contributed by atoms with van der Waals surface area (Å²) in [6.07, 6.45) is 0. The van der Waals surface area contributed by atoms with Crippen molar-refractivity contribution in [3.05, 3.63) is 226 Å². The fourth-order valence-corrected chi connectivity index (χ4v) is 9.06. The van der Waals surface area contributed by atoms with Crippen molar-refractivity contribution in [1.29, 1.82) is 0 Å². The third-order valence-corrected chi connectivity index (χ3v) is 11.6. The molecular weight excluding hydrogens is 729 g/mol. The number of hydrogen-bond donors (Lipinski definition) is 0. The summed E-state index contributed by atoms with van der Waals surface area (Å²) in [4.78, 5) is 17.9. The molecule has 1 aromatic heterocycles. The molecule has 60 heavy (non-hydrogen) atoms. The highest BCUT2D eigenvalue weighted by molar-refractivity contribution is 5.87. The van der Waals surface area contributed by atoms with Crippen LogP contribution in [0.2, 0.25) is 0 Å². The van der Waals surface area contributed by atoms with Gasteiger partial charge in [0.2, 0.25) is 5.95 Å². The van der Waals surface area contributed by atoms with E-state index in [0.717, 1.165) is 39.0 Å². The van der Waals surface area contributed by atoms with Gasteiger partial charge in [-0.1, -0.05) is 157 Å². The molecular formula is C56H48N4. The molecule has 9 aromatic rings. The number of benzene rings is 8. The highest BCUT2D eigenvalue weighted by Gasteiger charge is 2.26. The van der Waals surface area contributed by atoms with Crippen molar-refractivity contribution in [1.82, 2.24) is 15.0 Å². The van der Waals surface area contributed by atoms with Crippen LogP contribution in [0.1, 0.15) is 56.0 Å². The first-order valence-corrected chi connectivity index (χ1v) is 20.7. The Hall–Kier alpha value is -7.17. The van der Waals surface area contributed by atoms with Crippen LogP contribution in [0, 0.1) is 41.5 Å². The molecule has 0 amide bonds. The topological polar surface area (TPSA) is 41.9 Å². The summed E-state index contributed by atoms with van der Waals surface area (Å²) in [6.45, 7) is 13.4. The van der Waals surface area contributed by atoms with E-state index in [2.05, 4.69) is 204 Å². The lowest BCUT2D eigenvalue weighted by molar-refractivity contribution is 0.919. The molecule has 0 radical (unpaired) electrons. The van der Waals surface area contributed by atoms with Crippen molar-refractivity contribution in [2.75, 3.05) is 4.90 Å². The van der Waals surface area contributed by atoms with E-state index in [0.29, 0.717) is 17.6 Å². The second kappa shape index (κ2) is 16.2. The Morgan fingerprint density at radius 2 is 0.883 bits per heavy atom. The molecule has 9 rings (SSSR count). The van der Waals surface area contributed by atoms with Gasteiger partial charge >= 0.3 is 0 Å². The molecule has 1 heterocycles. The van der Waals surface area contributed by atoms with Gasteiger partial charge in [0, 0.05) is 28.4 Å². The zero-order chi connectivity index (χ0) is 41.3. The van der Waals surface area contributed by atoms with Gasteiger partial charge in [0.05, 0.1) is 0 Å². The summed E-state index contributed by atoms with van der Waals surface area (Å²) >= 11 is 0. The maximum absolute atomic E-state index is 5.31. The summed E-state index contributed by atoms with van der Waals surface area (Å²) in [7, 11) is 0. The molecule has 0 fully saturated rings. The summed E-state index contributed by atoms with van der Waals surface area (Å²) < 4.78 is 0. The van der Waals surface area contributed by atoms with Crippen LogP contribution in [0.4, 0.5) is 17.3 Å². The van der Waals surface area contributed by atoms with Crippen molar-refractivity contribution in [2.24, 2.45) is 0 Å². The van der Waals surface area contributed by atoms with E-state index in [9.17, 15) is 0 Å². The van der Waals surface area contributed by atoms with Crippen LogP contribution in [-0.2, 0) is 0 Å². The molecule has 4 nitrogen and oxygen atoms in total. The molecule has 0 aliphatic rings. The highest BCUT2D eigenvalue weighted by Crippen LogP contribution is 2.42. The Morgan fingerprint density at radius 3 is 1.48 bits per heavy atom. The van der Waals surface area contributed by atoms with Gasteiger partial charge in [-0.05, 0) is 133 Å². The lowest BCUT2D eigenvalue weighted by Gasteiger charge is -2.28. The van der Waals surface area contributed by atoms with Gasteiger partial charge in [-0.15, -0.1) is 0 Å². The average Bonchev–Trinajstić information content (AvgIpc) is 3.26. The van der Waals surface area contributed by atoms with E-state index in [-0.39, 0.29) is 5.92 Å². The van der Waals surface area contributed by atoms with Crippen LogP contribution in [0.3, 0.4) is 0 Å².